The lowest BCUT2D eigenvalue weighted by atomic mass is 10.0. The van der Waals surface area contributed by atoms with Gasteiger partial charge in [-0.05, 0) is 24.6 Å². The summed E-state index contributed by atoms with van der Waals surface area (Å²) in [6.07, 6.45) is 1.52. The number of hydrogen-bond acceptors (Lipinski definition) is 3. The molecule has 0 atom stereocenters. The number of nitrogens with one attached hydrogen (secondary N) is 1. The van der Waals surface area contributed by atoms with Gasteiger partial charge in [-0.2, -0.15) is 5.26 Å². The molecule has 0 radical (unpaired) electrons. The average molecular weight is 319 g/mol. The van der Waals surface area contributed by atoms with Gasteiger partial charge in [0, 0.05) is 16.2 Å². The number of carbonyl (C=O) groups is 1. The molecule has 5 heteroatoms. The Morgan fingerprint density at radius 3 is 2.68 bits per heavy atom. The first kappa shape index (κ1) is 13.4. The molecule has 0 aliphatic rings. The number of benzene rings is 1. The lowest BCUT2D eigenvalue weighted by Gasteiger charge is -2.05. The van der Waals surface area contributed by atoms with Crippen molar-refractivity contribution in [1.29, 1.82) is 5.26 Å². The van der Waals surface area contributed by atoms with Crippen LogP contribution in [-0.4, -0.2) is 17.6 Å². The highest BCUT2D eigenvalue weighted by molar-refractivity contribution is 9.10. The number of H-pyrrole nitrogens is 1. The molecule has 1 aromatic carbocycles. The number of aromatic nitrogens is 1. The summed E-state index contributed by atoms with van der Waals surface area (Å²) in [6, 6.07) is 9.48. The van der Waals surface area contributed by atoms with Gasteiger partial charge < -0.3 is 9.72 Å². The van der Waals surface area contributed by atoms with Crippen LogP contribution >= 0.6 is 15.9 Å². The van der Waals surface area contributed by atoms with Crippen LogP contribution < -0.4 is 0 Å². The fourth-order valence-electron chi connectivity index (χ4n) is 1.79. The van der Waals surface area contributed by atoms with Crippen molar-refractivity contribution in [2.45, 2.75) is 6.92 Å². The number of aromatic amines is 1. The third kappa shape index (κ3) is 2.69. The van der Waals surface area contributed by atoms with E-state index in [4.69, 9.17) is 10.00 Å². The molecule has 0 aliphatic heterocycles. The summed E-state index contributed by atoms with van der Waals surface area (Å²) in [5.41, 5.74) is 2.10. The minimum absolute atomic E-state index is 0.291. The summed E-state index contributed by atoms with van der Waals surface area (Å²) in [5, 5.41) is 9.13. The number of rotatable bonds is 3. The number of nitrogens with zero attached hydrogens (tertiary/aromatic N) is 1. The maximum Gasteiger partial charge on any atom is 0.355 e. The highest BCUT2D eigenvalue weighted by atomic mass is 79.9. The van der Waals surface area contributed by atoms with Crippen molar-refractivity contribution in [2.24, 2.45) is 0 Å². The third-order valence-corrected chi connectivity index (χ3v) is 3.14. The van der Waals surface area contributed by atoms with E-state index in [2.05, 4.69) is 27.0 Å². The van der Waals surface area contributed by atoms with E-state index >= 15 is 0 Å². The van der Waals surface area contributed by atoms with Crippen LogP contribution in [0.5, 0.6) is 0 Å². The van der Waals surface area contributed by atoms with Gasteiger partial charge in [0.05, 0.1) is 12.2 Å². The second-order valence-electron chi connectivity index (χ2n) is 3.79. The Hall–Kier alpha value is -2.06. The molecule has 0 bridgehead atoms. The Bertz CT molecular complexity index is 638. The van der Waals surface area contributed by atoms with Gasteiger partial charge in [-0.3, -0.25) is 0 Å². The van der Waals surface area contributed by atoms with Crippen molar-refractivity contribution in [3.05, 3.63) is 46.2 Å². The quantitative estimate of drug-likeness (QED) is 0.881. The molecule has 96 valence electrons. The van der Waals surface area contributed by atoms with Crippen LogP contribution in [0.25, 0.3) is 11.1 Å². The van der Waals surface area contributed by atoms with E-state index in [9.17, 15) is 4.79 Å². The smallest absolute Gasteiger partial charge is 0.355 e. The third-order valence-electron chi connectivity index (χ3n) is 2.61. The molecule has 0 fully saturated rings. The van der Waals surface area contributed by atoms with Gasteiger partial charge in [0.1, 0.15) is 11.8 Å². The van der Waals surface area contributed by atoms with Crippen LogP contribution in [0.1, 0.15) is 23.0 Å². The van der Waals surface area contributed by atoms with Crippen LogP contribution in [0.4, 0.5) is 0 Å². The van der Waals surface area contributed by atoms with E-state index in [0.29, 0.717) is 23.4 Å². The summed E-state index contributed by atoms with van der Waals surface area (Å²) in [5.74, 6) is -0.457. The minimum Gasteiger partial charge on any atom is -0.461 e. The van der Waals surface area contributed by atoms with E-state index < -0.39 is 5.97 Å². The first-order valence-corrected chi connectivity index (χ1v) is 6.51. The second kappa shape index (κ2) is 5.72. The van der Waals surface area contributed by atoms with E-state index in [1.165, 1.54) is 6.20 Å². The Labute approximate surface area is 119 Å². The lowest BCUT2D eigenvalue weighted by Crippen LogP contribution is -2.06. The van der Waals surface area contributed by atoms with E-state index in [1.807, 2.05) is 24.3 Å². The molecule has 0 spiro atoms. The summed E-state index contributed by atoms with van der Waals surface area (Å²) in [4.78, 5) is 14.7. The van der Waals surface area contributed by atoms with Gasteiger partial charge in [0.25, 0.3) is 0 Å². The molecular formula is C14H11BrN2O2. The van der Waals surface area contributed by atoms with E-state index in [1.54, 1.807) is 6.92 Å². The Balaban J connectivity index is 2.54. The minimum atomic E-state index is -0.457. The molecule has 0 amide bonds. The van der Waals surface area contributed by atoms with Gasteiger partial charge in [-0.15, -0.1) is 0 Å². The predicted molar refractivity (Wildman–Crippen MR) is 74.6 cm³/mol. The number of esters is 1. The molecule has 19 heavy (non-hydrogen) atoms. The van der Waals surface area contributed by atoms with Crippen LogP contribution in [-0.2, 0) is 4.74 Å². The standard InChI is InChI=1S/C14H11BrN2O2/c1-2-19-14(18)13-12(10(7-16)8-17-13)9-3-5-11(15)6-4-9/h3-6,8,17H,2H2,1H3. The summed E-state index contributed by atoms with van der Waals surface area (Å²) < 4.78 is 5.92. The Kier molecular flexibility index (Phi) is 4.03. The first-order chi connectivity index (χ1) is 9.17. The molecular weight excluding hydrogens is 308 g/mol. The maximum atomic E-state index is 11.9. The summed E-state index contributed by atoms with van der Waals surface area (Å²) in [6.45, 7) is 2.03. The molecule has 2 aromatic rings. The van der Waals surface area contributed by atoms with Crippen LogP contribution in [0.15, 0.2) is 34.9 Å². The fourth-order valence-corrected chi connectivity index (χ4v) is 2.06. The Morgan fingerprint density at radius 2 is 2.11 bits per heavy atom. The SMILES string of the molecule is CCOC(=O)c1[nH]cc(C#N)c1-c1ccc(Br)cc1. The normalized spacial score (nSPS) is 9.95. The van der Waals surface area contributed by atoms with Gasteiger partial charge in [-0.1, -0.05) is 28.1 Å². The monoisotopic (exact) mass is 318 g/mol. The van der Waals surface area contributed by atoms with E-state index in [-0.39, 0.29) is 0 Å². The number of ether oxygens (including phenoxy) is 1. The number of nitriles is 1. The van der Waals surface area contributed by atoms with Gasteiger partial charge in [0.2, 0.25) is 0 Å². The largest absolute Gasteiger partial charge is 0.461 e. The molecule has 1 aromatic heterocycles. The fraction of sp³-hybridized carbons (Fsp3) is 0.143. The van der Waals surface area contributed by atoms with Crippen molar-refractivity contribution < 1.29 is 9.53 Å². The zero-order chi connectivity index (χ0) is 13.8. The van der Waals surface area contributed by atoms with Crippen LogP contribution in [0.2, 0.25) is 0 Å². The molecule has 0 unspecified atom stereocenters. The van der Waals surface area contributed by atoms with E-state index in [0.717, 1.165) is 10.0 Å². The molecule has 1 heterocycles. The second-order valence-corrected chi connectivity index (χ2v) is 4.71. The summed E-state index contributed by atoms with van der Waals surface area (Å²) >= 11 is 3.35. The van der Waals surface area contributed by atoms with Crippen molar-refractivity contribution >= 4 is 21.9 Å². The molecule has 4 nitrogen and oxygen atoms in total. The maximum absolute atomic E-state index is 11.9. The molecule has 1 N–H and O–H groups in total. The highest BCUT2D eigenvalue weighted by Crippen LogP contribution is 2.29. The number of carbonyl (C=O) groups excluding carboxylic acids is 1. The van der Waals surface area contributed by atoms with Crippen molar-refractivity contribution in [3.63, 3.8) is 0 Å². The Morgan fingerprint density at radius 1 is 1.42 bits per heavy atom. The predicted octanol–water partition coefficient (Wildman–Crippen LogP) is 3.49. The molecule has 0 aliphatic carbocycles. The molecule has 2 rings (SSSR count). The van der Waals surface area contributed by atoms with Crippen molar-refractivity contribution in [3.8, 4) is 17.2 Å². The lowest BCUT2D eigenvalue weighted by molar-refractivity contribution is 0.0521. The van der Waals surface area contributed by atoms with Gasteiger partial charge in [0.15, 0.2) is 0 Å². The molecule has 0 saturated heterocycles. The van der Waals surface area contributed by atoms with Gasteiger partial charge in [-0.25, -0.2) is 4.79 Å². The number of halogens is 1. The molecule has 0 saturated carbocycles. The number of hydrogen-bond donors (Lipinski definition) is 1. The average Bonchev–Trinajstić information content (AvgIpc) is 2.83. The van der Waals surface area contributed by atoms with Crippen molar-refractivity contribution in [1.82, 2.24) is 4.98 Å². The zero-order valence-electron chi connectivity index (χ0n) is 10.2. The topological polar surface area (TPSA) is 65.9 Å². The van der Waals surface area contributed by atoms with Crippen LogP contribution in [0, 0.1) is 11.3 Å². The zero-order valence-corrected chi connectivity index (χ0v) is 11.8. The summed E-state index contributed by atoms with van der Waals surface area (Å²) in [7, 11) is 0. The van der Waals surface area contributed by atoms with Crippen LogP contribution in [0.3, 0.4) is 0 Å². The van der Waals surface area contributed by atoms with Crippen molar-refractivity contribution in [2.75, 3.05) is 6.61 Å². The van der Waals surface area contributed by atoms with Gasteiger partial charge >= 0.3 is 5.97 Å². The first-order valence-electron chi connectivity index (χ1n) is 5.72. The highest BCUT2D eigenvalue weighted by Gasteiger charge is 2.19.